The second-order valence-electron chi connectivity index (χ2n) is 6.57. The Kier molecular flexibility index (Phi) is 10.3. The molecule has 0 radical (unpaired) electrons. The van der Waals surface area contributed by atoms with E-state index in [9.17, 15) is 4.79 Å². The average molecular weight is 324 g/mol. The van der Waals surface area contributed by atoms with Crippen LogP contribution in [-0.2, 0) is 11.3 Å². The summed E-state index contributed by atoms with van der Waals surface area (Å²) in [5, 5.41) is 15.8. The lowest BCUT2D eigenvalue weighted by molar-refractivity contribution is -0.759. The van der Waals surface area contributed by atoms with Crippen LogP contribution >= 0.6 is 0 Å². The number of hydrogen-bond acceptors (Lipinski definition) is 2. The Bertz CT molecular complexity index is 443. The van der Waals surface area contributed by atoms with Gasteiger partial charge in [0.15, 0.2) is 5.69 Å². The third-order valence-corrected chi connectivity index (χ3v) is 4.54. The van der Waals surface area contributed by atoms with Crippen LogP contribution in [0.2, 0.25) is 0 Å². The summed E-state index contributed by atoms with van der Waals surface area (Å²) in [6.07, 6.45) is 13.8. The van der Waals surface area contributed by atoms with Gasteiger partial charge in [-0.3, -0.25) is 4.79 Å². The SMILES string of the molecule is Cc1n[nH][n+](CCCCCCCCCCCCCC(=O)O)c1C. The van der Waals surface area contributed by atoms with Crippen molar-refractivity contribution in [3.8, 4) is 0 Å². The van der Waals surface area contributed by atoms with Crippen LogP contribution in [0.5, 0.6) is 0 Å². The quantitative estimate of drug-likeness (QED) is 0.400. The van der Waals surface area contributed by atoms with E-state index >= 15 is 0 Å². The fourth-order valence-electron chi connectivity index (χ4n) is 2.84. The Balaban J connectivity index is 1.81. The van der Waals surface area contributed by atoms with Gasteiger partial charge >= 0.3 is 5.97 Å². The summed E-state index contributed by atoms with van der Waals surface area (Å²) in [6, 6.07) is 0. The molecule has 0 amide bonds. The van der Waals surface area contributed by atoms with Crippen molar-refractivity contribution in [1.82, 2.24) is 10.3 Å². The molecule has 1 rings (SSSR count). The highest BCUT2D eigenvalue weighted by Crippen LogP contribution is 2.12. The summed E-state index contributed by atoms with van der Waals surface area (Å²) in [4.78, 5) is 10.4. The van der Waals surface area contributed by atoms with E-state index in [0.717, 1.165) is 25.1 Å². The molecule has 1 heterocycles. The van der Waals surface area contributed by atoms with E-state index < -0.39 is 5.97 Å². The van der Waals surface area contributed by atoms with Gasteiger partial charge in [0.1, 0.15) is 6.54 Å². The molecule has 0 bridgehead atoms. The van der Waals surface area contributed by atoms with Gasteiger partial charge in [-0.25, -0.2) is 0 Å². The minimum absolute atomic E-state index is 0.329. The number of rotatable bonds is 14. The third kappa shape index (κ3) is 9.36. The Morgan fingerprint density at radius 3 is 1.83 bits per heavy atom. The zero-order chi connectivity index (χ0) is 16.9. The Morgan fingerprint density at radius 1 is 0.913 bits per heavy atom. The molecule has 0 saturated carbocycles. The summed E-state index contributed by atoms with van der Waals surface area (Å²) in [5.41, 5.74) is 2.33. The molecule has 23 heavy (non-hydrogen) atoms. The van der Waals surface area contributed by atoms with Crippen LogP contribution < -0.4 is 4.68 Å². The van der Waals surface area contributed by atoms with E-state index in [1.165, 1.54) is 63.5 Å². The topological polar surface area (TPSA) is 69.9 Å². The Hall–Kier alpha value is -1.39. The van der Waals surface area contributed by atoms with Gasteiger partial charge in [-0.1, -0.05) is 56.6 Å². The lowest BCUT2D eigenvalue weighted by Crippen LogP contribution is -2.38. The summed E-state index contributed by atoms with van der Waals surface area (Å²) >= 11 is 0. The van der Waals surface area contributed by atoms with Gasteiger partial charge in [0.05, 0.1) is 0 Å². The number of aromatic nitrogens is 3. The van der Waals surface area contributed by atoms with Crippen molar-refractivity contribution in [1.29, 1.82) is 0 Å². The molecular formula is C18H34N3O2+. The smallest absolute Gasteiger partial charge is 0.303 e. The van der Waals surface area contributed by atoms with Crippen molar-refractivity contribution >= 4 is 5.97 Å². The van der Waals surface area contributed by atoms with Crippen LogP contribution in [0.3, 0.4) is 0 Å². The standard InChI is InChI=1S/C18H33N3O2/c1-16-17(2)21(20-19-16)15-13-11-9-7-5-3-4-6-8-10-12-14-18(22)23/h3-15H2,1-2H3,(H,22,23)/p+1. The average Bonchev–Trinajstić information content (AvgIpc) is 2.83. The van der Waals surface area contributed by atoms with Crippen LogP contribution in [0, 0.1) is 13.8 Å². The summed E-state index contributed by atoms with van der Waals surface area (Å²) < 4.78 is 2.14. The number of H-pyrrole nitrogens is 1. The summed E-state index contributed by atoms with van der Waals surface area (Å²) in [6.45, 7) is 5.19. The summed E-state index contributed by atoms with van der Waals surface area (Å²) in [7, 11) is 0. The number of nitrogens with zero attached hydrogens (tertiary/aromatic N) is 2. The molecule has 0 aliphatic heterocycles. The predicted molar refractivity (Wildman–Crippen MR) is 91.3 cm³/mol. The number of nitrogens with one attached hydrogen (secondary N) is 1. The molecule has 0 aliphatic rings. The first-order chi connectivity index (χ1) is 11.1. The van der Waals surface area contributed by atoms with Gasteiger partial charge in [0.2, 0.25) is 5.69 Å². The first-order valence-electron chi connectivity index (χ1n) is 9.24. The summed E-state index contributed by atoms with van der Waals surface area (Å²) in [5.74, 6) is -0.666. The van der Waals surface area contributed by atoms with E-state index in [1.807, 2.05) is 6.92 Å². The van der Waals surface area contributed by atoms with Crippen molar-refractivity contribution in [2.75, 3.05) is 0 Å². The van der Waals surface area contributed by atoms with E-state index in [4.69, 9.17) is 5.11 Å². The normalized spacial score (nSPS) is 11.0. The highest BCUT2D eigenvalue weighted by atomic mass is 16.4. The highest BCUT2D eigenvalue weighted by molar-refractivity contribution is 5.66. The molecular weight excluding hydrogens is 290 g/mol. The molecule has 2 N–H and O–H groups in total. The van der Waals surface area contributed by atoms with Gasteiger partial charge < -0.3 is 5.11 Å². The number of aryl methyl sites for hydroxylation is 2. The molecule has 0 atom stereocenters. The van der Waals surface area contributed by atoms with E-state index in [2.05, 4.69) is 21.9 Å². The van der Waals surface area contributed by atoms with Crippen molar-refractivity contribution in [2.45, 2.75) is 97.4 Å². The van der Waals surface area contributed by atoms with E-state index in [-0.39, 0.29) is 0 Å². The van der Waals surface area contributed by atoms with Crippen LogP contribution in [0.4, 0.5) is 0 Å². The van der Waals surface area contributed by atoms with Crippen molar-refractivity contribution < 1.29 is 14.6 Å². The third-order valence-electron chi connectivity index (χ3n) is 4.54. The number of hydrogen-bond donors (Lipinski definition) is 2. The van der Waals surface area contributed by atoms with Gasteiger partial charge in [-0.05, 0) is 19.3 Å². The minimum atomic E-state index is -0.666. The van der Waals surface area contributed by atoms with Crippen molar-refractivity contribution in [3.05, 3.63) is 11.4 Å². The first kappa shape index (κ1) is 19.7. The Morgan fingerprint density at radius 2 is 1.39 bits per heavy atom. The molecule has 132 valence electrons. The van der Waals surface area contributed by atoms with Crippen LogP contribution in [-0.4, -0.2) is 21.4 Å². The zero-order valence-corrected chi connectivity index (χ0v) is 14.9. The number of aromatic amines is 1. The lowest BCUT2D eigenvalue weighted by atomic mass is 10.1. The second kappa shape index (κ2) is 12.1. The number of carboxylic acids is 1. The molecule has 0 saturated heterocycles. The van der Waals surface area contributed by atoms with Crippen LogP contribution in [0.15, 0.2) is 0 Å². The maximum Gasteiger partial charge on any atom is 0.303 e. The molecule has 5 nitrogen and oxygen atoms in total. The minimum Gasteiger partial charge on any atom is -0.481 e. The Labute approximate surface area is 140 Å². The van der Waals surface area contributed by atoms with Crippen LogP contribution in [0.1, 0.15) is 88.4 Å². The monoisotopic (exact) mass is 324 g/mol. The molecule has 0 fully saturated rings. The number of aliphatic carboxylic acids is 1. The van der Waals surface area contributed by atoms with Crippen molar-refractivity contribution in [3.63, 3.8) is 0 Å². The lowest BCUT2D eigenvalue weighted by Gasteiger charge is -2.02. The fraction of sp³-hybridized carbons (Fsp3) is 0.833. The molecule has 0 spiro atoms. The highest BCUT2D eigenvalue weighted by Gasteiger charge is 2.11. The maximum absolute atomic E-state index is 10.4. The molecule has 5 heteroatoms. The molecule has 1 aromatic rings. The number of carboxylic acid groups (broad SMARTS) is 1. The first-order valence-corrected chi connectivity index (χ1v) is 9.24. The fourth-order valence-corrected chi connectivity index (χ4v) is 2.84. The molecule has 0 aromatic carbocycles. The van der Waals surface area contributed by atoms with Gasteiger partial charge in [-0.2, -0.15) is 4.68 Å². The molecule has 1 aromatic heterocycles. The van der Waals surface area contributed by atoms with Crippen molar-refractivity contribution in [2.24, 2.45) is 0 Å². The molecule has 0 unspecified atom stereocenters. The van der Waals surface area contributed by atoms with Gasteiger partial charge in [0, 0.05) is 25.4 Å². The second-order valence-corrected chi connectivity index (χ2v) is 6.57. The van der Waals surface area contributed by atoms with Crippen LogP contribution in [0.25, 0.3) is 0 Å². The van der Waals surface area contributed by atoms with Gasteiger partial charge in [0.25, 0.3) is 0 Å². The predicted octanol–water partition coefficient (Wildman–Crippen LogP) is 4.08. The maximum atomic E-state index is 10.4. The van der Waals surface area contributed by atoms with E-state index in [1.54, 1.807) is 0 Å². The largest absolute Gasteiger partial charge is 0.481 e. The van der Waals surface area contributed by atoms with Gasteiger partial charge in [-0.15, -0.1) is 0 Å². The van der Waals surface area contributed by atoms with E-state index in [0.29, 0.717) is 6.42 Å². The number of carbonyl (C=O) groups is 1. The molecule has 0 aliphatic carbocycles. The zero-order valence-electron chi connectivity index (χ0n) is 14.9. The number of unbranched alkanes of at least 4 members (excludes halogenated alkanes) is 10.